The zero-order chi connectivity index (χ0) is 25.3. The van der Waals surface area contributed by atoms with Gasteiger partial charge in [-0.1, -0.05) is 171 Å². The van der Waals surface area contributed by atoms with Crippen LogP contribution in [0.1, 0.15) is 171 Å². The third kappa shape index (κ3) is 14.5. The molecule has 0 saturated heterocycles. The van der Waals surface area contributed by atoms with Crippen LogP contribution in [-0.2, 0) is 0 Å². The molecule has 0 spiro atoms. The Morgan fingerprint density at radius 2 is 0.353 bits per heavy atom. The van der Waals surface area contributed by atoms with Gasteiger partial charge in [0.05, 0.1) is 0 Å². The molecule has 0 nitrogen and oxygen atoms in total. The van der Waals surface area contributed by atoms with Gasteiger partial charge < -0.3 is 0 Å². The van der Waals surface area contributed by atoms with Gasteiger partial charge >= 0.3 is 0 Å². The Labute approximate surface area is 218 Å². The normalized spacial score (nSPS) is 38.8. The molecular formula is C34H68. The third-order valence-electron chi connectivity index (χ3n) is 10.7. The van der Waals surface area contributed by atoms with Crippen LogP contribution in [0.5, 0.6) is 0 Å². The summed E-state index contributed by atoms with van der Waals surface area (Å²) < 4.78 is 0. The van der Waals surface area contributed by atoms with Crippen LogP contribution in [0.15, 0.2) is 0 Å². The van der Waals surface area contributed by atoms with Crippen LogP contribution in [0.3, 0.4) is 0 Å². The first-order valence-corrected chi connectivity index (χ1v) is 16.2. The van der Waals surface area contributed by atoms with E-state index in [1.807, 2.05) is 0 Å². The van der Waals surface area contributed by atoms with Gasteiger partial charge in [-0.25, -0.2) is 0 Å². The molecule has 4 saturated carbocycles. The molecule has 0 heterocycles. The van der Waals surface area contributed by atoms with E-state index in [2.05, 4.69) is 55.4 Å². The molecule has 0 aromatic carbocycles. The molecule has 0 N–H and O–H groups in total. The van der Waals surface area contributed by atoms with Gasteiger partial charge in [0.2, 0.25) is 0 Å². The minimum absolute atomic E-state index is 0.986. The van der Waals surface area contributed by atoms with E-state index >= 15 is 0 Å². The average molecular weight is 477 g/mol. The molecule has 4 aliphatic rings. The molecule has 4 aliphatic carbocycles. The lowest BCUT2D eigenvalue weighted by molar-refractivity contribution is 0.277. The Kier molecular flexibility index (Phi) is 18.0. The van der Waals surface area contributed by atoms with Crippen LogP contribution in [0.4, 0.5) is 0 Å². The van der Waals surface area contributed by atoms with Crippen molar-refractivity contribution < 1.29 is 0 Å². The Morgan fingerprint density at radius 1 is 0.206 bits per heavy atom. The monoisotopic (exact) mass is 477 g/mol. The highest BCUT2D eigenvalue weighted by atomic mass is 14.2. The highest BCUT2D eigenvalue weighted by Crippen LogP contribution is 2.30. The predicted octanol–water partition coefficient (Wildman–Crippen LogP) is 12.1. The van der Waals surface area contributed by atoms with Crippen LogP contribution >= 0.6 is 0 Å². The summed E-state index contributed by atoms with van der Waals surface area (Å²) in [6.45, 7) is 19.1. The van der Waals surface area contributed by atoms with Gasteiger partial charge in [-0.3, -0.25) is 0 Å². The zero-order valence-electron chi connectivity index (χ0n) is 25.3. The van der Waals surface area contributed by atoms with Crippen molar-refractivity contribution in [3.63, 3.8) is 0 Å². The smallest absolute Gasteiger partial charge is 0.0417 e. The van der Waals surface area contributed by atoms with Gasteiger partial charge in [-0.2, -0.15) is 0 Å². The van der Waals surface area contributed by atoms with Crippen molar-refractivity contribution in [2.75, 3.05) is 0 Å². The van der Waals surface area contributed by atoms with Crippen molar-refractivity contribution in [3.8, 4) is 0 Å². The van der Waals surface area contributed by atoms with Crippen molar-refractivity contribution in [1.82, 2.24) is 0 Å². The van der Waals surface area contributed by atoms with Crippen molar-refractivity contribution >= 4 is 0 Å². The molecule has 0 aliphatic heterocycles. The van der Waals surface area contributed by atoms with Crippen molar-refractivity contribution in [1.29, 1.82) is 0 Å². The largest absolute Gasteiger partial charge is 0.0623 e. The molecule has 4 rings (SSSR count). The molecular weight excluding hydrogens is 408 g/mol. The summed E-state index contributed by atoms with van der Waals surface area (Å²) in [5, 5.41) is 0. The first-order chi connectivity index (χ1) is 16.2. The van der Waals surface area contributed by atoms with E-state index in [0.717, 1.165) is 47.3 Å². The SMILES string of the molecule is CC1CCCC1C.CC1CCCCC1C.CC1CCCCCC1C.CC1CCCCCCC1C. The highest BCUT2D eigenvalue weighted by molar-refractivity contribution is 4.70. The van der Waals surface area contributed by atoms with Crippen LogP contribution in [0.25, 0.3) is 0 Å². The van der Waals surface area contributed by atoms with E-state index in [1.165, 1.54) is 116 Å². The van der Waals surface area contributed by atoms with E-state index < -0.39 is 0 Å². The molecule has 8 atom stereocenters. The number of hydrogen-bond donors (Lipinski definition) is 0. The van der Waals surface area contributed by atoms with Gasteiger partial charge in [0.25, 0.3) is 0 Å². The predicted molar refractivity (Wildman–Crippen MR) is 156 cm³/mol. The average Bonchev–Trinajstić information content (AvgIpc) is 3.08. The Bertz CT molecular complexity index is 413. The second-order valence-electron chi connectivity index (χ2n) is 13.7. The van der Waals surface area contributed by atoms with Crippen molar-refractivity contribution in [2.45, 2.75) is 171 Å². The van der Waals surface area contributed by atoms with Crippen molar-refractivity contribution in [3.05, 3.63) is 0 Å². The van der Waals surface area contributed by atoms with E-state index in [-0.39, 0.29) is 0 Å². The molecule has 0 amide bonds. The lowest BCUT2D eigenvalue weighted by atomic mass is 9.82. The molecule has 8 unspecified atom stereocenters. The van der Waals surface area contributed by atoms with Crippen LogP contribution in [0.2, 0.25) is 0 Å². The first kappa shape index (κ1) is 32.0. The fourth-order valence-electron chi connectivity index (χ4n) is 6.37. The molecule has 204 valence electrons. The van der Waals surface area contributed by atoms with Crippen LogP contribution in [0, 0.1) is 47.3 Å². The molecule has 0 aromatic heterocycles. The van der Waals surface area contributed by atoms with Gasteiger partial charge in [0.1, 0.15) is 0 Å². The third-order valence-corrected chi connectivity index (χ3v) is 10.7. The van der Waals surface area contributed by atoms with Crippen molar-refractivity contribution in [2.24, 2.45) is 47.3 Å². The summed E-state index contributed by atoms with van der Waals surface area (Å²) in [6.07, 6.45) is 26.6. The number of hydrogen-bond acceptors (Lipinski definition) is 0. The van der Waals surface area contributed by atoms with Crippen LogP contribution < -0.4 is 0 Å². The molecule has 0 heteroatoms. The van der Waals surface area contributed by atoms with Gasteiger partial charge in [-0.05, 0) is 47.3 Å². The Balaban J connectivity index is 0.000000228. The maximum atomic E-state index is 2.41. The Morgan fingerprint density at radius 3 is 0.559 bits per heavy atom. The fourth-order valence-corrected chi connectivity index (χ4v) is 6.37. The summed E-state index contributed by atoms with van der Waals surface area (Å²) in [5.41, 5.74) is 0. The van der Waals surface area contributed by atoms with Gasteiger partial charge in [0, 0.05) is 0 Å². The van der Waals surface area contributed by atoms with E-state index in [4.69, 9.17) is 0 Å². The molecule has 34 heavy (non-hydrogen) atoms. The van der Waals surface area contributed by atoms with Gasteiger partial charge in [0.15, 0.2) is 0 Å². The lowest BCUT2D eigenvalue weighted by Gasteiger charge is -2.24. The molecule has 0 radical (unpaired) electrons. The highest BCUT2D eigenvalue weighted by Gasteiger charge is 2.18. The summed E-state index contributed by atoms with van der Waals surface area (Å²) in [6, 6.07) is 0. The number of rotatable bonds is 0. The first-order valence-electron chi connectivity index (χ1n) is 16.2. The quantitative estimate of drug-likeness (QED) is 0.305. The van der Waals surface area contributed by atoms with E-state index in [0.29, 0.717) is 0 Å². The summed E-state index contributed by atoms with van der Waals surface area (Å²) >= 11 is 0. The minimum atomic E-state index is 0.986. The fraction of sp³-hybridized carbons (Fsp3) is 1.00. The summed E-state index contributed by atoms with van der Waals surface area (Å²) in [7, 11) is 0. The summed E-state index contributed by atoms with van der Waals surface area (Å²) in [5.74, 6) is 7.99. The molecule has 0 bridgehead atoms. The maximum Gasteiger partial charge on any atom is -0.0417 e. The van der Waals surface area contributed by atoms with E-state index in [9.17, 15) is 0 Å². The maximum absolute atomic E-state index is 2.41. The van der Waals surface area contributed by atoms with E-state index in [1.54, 1.807) is 0 Å². The Hall–Kier alpha value is 0. The molecule has 4 fully saturated rings. The second-order valence-corrected chi connectivity index (χ2v) is 13.7. The zero-order valence-corrected chi connectivity index (χ0v) is 25.3. The topological polar surface area (TPSA) is 0 Å². The van der Waals surface area contributed by atoms with Crippen LogP contribution in [-0.4, -0.2) is 0 Å². The van der Waals surface area contributed by atoms with Gasteiger partial charge in [-0.15, -0.1) is 0 Å². The lowest BCUT2D eigenvalue weighted by Crippen LogP contribution is -2.12. The minimum Gasteiger partial charge on any atom is -0.0623 e. The second kappa shape index (κ2) is 19.2. The summed E-state index contributed by atoms with van der Waals surface area (Å²) in [4.78, 5) is 0. The standard InChI is InChI=1S/C10H20.C9H18.C8H16.C7H14/c1-9-7-5-3-4-6-8-10(9)2;1-8-6-4-3-5-7-9(8)2;1-7-5-3-4-6-8(7)2;1-6-4-3-5-7(6)2/h9-10H,3-8H2,1-2H3;8-9H,3-7H2,1-2H3;7-8H,3-6H2,1-2H3;6-7H,3-5H2,1-2H3. The molecule has 0 aromatic rings.